The number of hydrogen-bond acceptors (Lipinski definition) is 2. The highest BCUT2D eigenvalue weighted by Gasteiger charge is 2.27. The summed E-state index contributed by atoms with van der Waals surface area (Å²) in [6.45, 7) is 12.5. The molecule has 1 N–H and O–H groups in total. The van der Waals surface area contributed by atoms with E-state index in [0.717, 1.165) is 12.8 Å². The Morgan fingerprint density at radius 2 is 1.69 bits per heavy atom. The molecule has 96 valence electrons. The molecule has 0 bridgehead atoms. The summed E-state index contributed by atoms with van der Waals surface area (Å²) in [5.41, 5.74) is 1.46. The molecule has 0 aliphatic rings. The molecule has 0 heterocycles. The maximum atomic E-state index is 10.1. The van der Waals surface area contributed by atoms with Gasteiger partial charge in [-0.1, -0.05) is 50.9 Å². The summed E-state index contributed by atoms with van der Waals surface area (Å²) in [5.74, 6) is 0. The quantitative estimate of drug-likeness (QED) is 0.428. The highest BCUT2D eigenvalue weighted by Crippen LogP contribution is 2.24. The van der Waals surface area contributed by atoms with Crippen molar-refractivity contribution < 1.29 is 14.6 Å². The van der Waals surface area contributed by atoms with Gasteiger partial charge in [0.15, 0.2) is 0 Å². The first-order chi connectivity index (χ1) is 7.12. The van der Waals surface area contributed by atoms with E-state index in [4.69, 9.17) is 5.11 Å². The Kier molecular flexibility index (Phi) is 6.32. The predicted molar refractivity (Wildman–Crippen MR) is 73.7 cm³/mol. The Labute approximate surface area is 101 Å². The first-order valence-corrected chi connectivity index (χ1v) is 13.1. The van der Waals surface area contributed by atoms with Crippen LogP contribution in [0, 0.1) is 0 Å². The zero-order chi connectivity index (χ0) is 12.8. The van der Waals surface area contributed by atoms with E-state index >= 15 is 0 Å². The highest BCUT2D eigenvalue weighted by atomic mass is 28.4. The lowest BCUT2D eigenvalue weighted by molar-refractivity contribution is 0.0904. The molecule has 0 aromatic heterocycles. The fourth-order valence-electron chi connectivity index (χ4n) is 2.39. The molecular formula is C11H26O3Si2. The molecule has 0 atom stereocenters. The number of carbonyl (C=O) groups is 1. The second kappa shape index (κ2) is 6.44. The van der Waals surface area contributed by atoms with Crippen molar-refractivity contribution in [1.82, 2.24) is 0 Å². The SMILES string of the molecule is C[Si](C)(C)C[Si](C)(C)CCCCOC(=O)O. The molecule has 16 heavy (non-hydrogen) atoms. The molecule has 0 spiro atoms. The molecule has 0 fully saturated rings. The first kappa shape index (κ1) is 15.7. The Hall–Kier alpha value is -0.296. The van der Waals surface area contributed by atoms with Gasteiger partial charge in [0.25, 0.3) is 0 Å². The lowest BCUT2D eigenvalue weighted by Gasteiger charge is -2.29. The van der Waals surface area contributed by atoms with Crippen LogP contribution in [-0.4, -0.2) is 34.0 Å². The van der Waals surface area contributed by atoms with Crippen LogP contribution in [0.1, 0.15) is 12.8 Å². The first-order valence-electron chi connectivity index (χ1n) is 5.98. The van der Waals surface area contributed by atoms with Gasteiger partial charge >= 0.3 is 6.16 Å². The predicted octanol–water partition coefficient (Wildman–Crippen LogP) is 4.05. The van der Waals surface area contributed by atoms with Crippen molar-refractivity contribution in [3.8, 4) is 0 Å². The molecule has 0 radical (unpaired) electrons. The third-order valence-electron chi connectivity index (χ3n) is 2.48. The Balaban J connectivity index is 3.70. The summed E-state index contributed by atoms with van der Waals surface area (Å²) < 4.78 is 4.50. The van der Waals surface area contributed by atoms with Crippen molar-refractivity contribution >= 4 is 22.3 Å². The second-order valence-electron chi connectivity index (χ2n) is 6.47. The minimum atomic E-state index is -1.15. The molecule has 5 heteroatoms. The minimum absolute atomic E-state index is 0.354. The summed E-state index contributed by atoms with van der Waals surface area (Å²) in [6.07, 6.45) is 0.824. The molecule has 0 amide bonds. The van der Waals surface area contributed by atoms with Gasteiger partial charge in [0.1, 0.15) is 0 Å². The molecular weight excluding hydrogens is 236 g/mol. The summed E-state index contributed by atoms with van der Waals surface area (Å²) in [4.78, 5) is 10.1. The molecule has 0 saturated carbocycles. The smallest absolute Gasteiger partial charge is 0.450 e. The molecule has 0 aliphatic carbocycles. The number of unbranched alkanes of at least 4 members (excludes halogenated alkanes) is 1. The van der Waals surface area contributed by atoms with E-state index in [2.05, 4.69) is 37.5 Å². The average Bonchev–Trinajstić information content (AvgIpc) is 1.97. The third kappa shape index (κ3) is 10.2. The normalized spacial score (nSPS) is 12.6. The van der Waals surface area contributed by atoms with Crippen LogP contribution < -0.4 is 0 Å². The summed E-state index contributed by atoms with van der Waals surface area (Å²) in [5, 5.41) is 8.32. The van der Waals surface area contributed by atoms with Gasteiger partial charge in [0.05, 0.1) is 6.61 Å². The second-order valence-corrected chi connectivity index (χ2v) is 17.8. The van der Waals surface area contributed by atoms with Gasteiger partial charge < -0.3 is 9.84 Å². The average molecular weight is 262 g/mol. The maximum Gasteiger partial charge on any atom is 0.505 e. The Morgan fingerprint density at radius 1 is 1.12 bits per heavy atom. The maximum absolute atomic E-state index is 10.1. The van der Waals surface area contributed by atoms with E-state index in [1.165, 1.54) is 11.7 Å². The van der Waals surface area contributed by atoms with Gasteiger partial charge in [0, 0.05) is 16.1 Å². The van der Waals surface area contributed by atoms with Crippen LogP contribution >= 0.6 is 0 Å². The Bertz CT molecular complexity index is 222. The van der Waals surface area contributed by atoms with Crippen LogP contribution in [-0.2, 0) is 4.74 Å². The van der Waals surface area contributed by atoms with E-state index in [1.54, 1.807) is 0 Å². The molecule has 0 unspecified atom stereocenters. The van der Waals surface area contributed by atoms with Crippen LogP contribution in [0.3, 0.4) is 0 Å². The van der Waals surface area contributed by atoms with Crippen molar-refractivity contribution in [2.45, 2.75) is 57.3 Å². The van der Waals surface area contributed by atoms with Gasteiger partial charge in [-0.3, -0.25) is 0 Å². The summed E-state index contributed by atoms with van der Waals surface area (Å²) in [6, 6.07) is 1.29. The van der Waals surface area contributed by atoms with Gasteiger partial charge in [-0.25, -0.2) is 4.79 Å². The van der Waals surface area contributed by atoms with Gasteiger partial charge in [0.2, 0.25) is 0 Å². The zero-order valence-corrected chi connectivity index (χ0v) is 13.3. The fourth-order valence-corrected chi connectivity index (χ4v) is 15.8. The molecule has 0 rings (SSSR count). The Morgan fingerprint density at radius 3 is 2.12 bits per heavy atom. The van der Waals surface area contributed by atoms with Crippen molar-refractivity contribution in [1.29, 1.82) is 0 Å². The molecule has 0 aliphatic heterocycles. The number of ether oxygens (including phenoxy) is 1. The number of rotatable bonds is 7. The van der Waals surface area contributed by atoms with Crippen molar-refractivity contribution in [2.24, 2.45) is 0 Å². The van der Waals surface area contributed by atoms with E-state index < -0.39 is 22.3 Å². The molecule has 3 nitrogen and oxygen atoms in total. The van der Waals surface area contributed by atoms with E-state index in [9.17, 15) is 4.79 Å². The topological polar surface area (TPSA) is 46.5 Å². The van der Waals surface area contributed by atoms with Crippen LogP contribution in [0.15, 0.2) is 0 Å². The summed E-state index contributed by atoms with van der Waals surface area (Å²) in [7, 11) is -2.00. The fraction of sp³-hybridized carbons (Fsp3) is 0.909. The number of hydrogen-bond donors (Lipinski definition) is 1. The van der Waals surface area contributed by atoms with Crippen molar-refractivity contribution in [3.05, 3.63) is 0 Å². The lowest BCUT2D eigenvalue weighted by Crippen LogP contribution is -2.37. The monoisotopic (exact) mass is 262 g/mol. The van der Waals surface area contributed by atoms with Crippen LogP contribution in [0.5, 0.6) is 0 Å². The summed E-state index contributed by atoms with van der Waals surface area (Å²) >= 11 is 0. The lowest BCUT2D eigenvalue weighted by atomic mass is 10.4. The number of carboxylic acid groups (broad SMARTS) is 1. The zero-order valence-electron chi connectivity index (χ0n) is 11.3. The highest BCUT2D eigenvalue weighted by molar-refractivity contribution is 6.94. The minimum Gasteiger partial charge on any atom is -0.450 e. The third-order valence-corrected chi connectivity index (χ3v) is 12.3. The molecule has 0 saturated heterocycles. The van der Waals surface area contributed by atoms with E-state index in [-0.39, 0.29) is 0 Å². The van der Waals surface area contributed by atoms with Crippen LogP contribution in [0.25, 0.3) is 0 Å². The van der Waals surface area contributed by atoms with Crippen LogP contribution in [0.2, 0.25) is 44.4 Å². The van der Waals surface area contributed by atoms with Gasteiger partial charge in [-0.15, -0.1) is 0 Å². The van der Waals surface area contributed by atoms with Gasteiger partial charge in [-0.2, -0.15) is 0 Å². The van der Waals surface area contributed by atoms with E-state index in [1.807, 2.05) is 0 Å². The van der Waals surface area contributed by atoms with Crippen LogP contribution in [0.4, 0.5) is 4.79 Å². The van der Waals surface area contributed by atoms with Crippen molar-refractivity contribution in [2.75, 3.05) is 6.61 Å². The van der Waals surface area contributed by atoms with Crippen molar-refractivity contribution in [3.63, 3.8) is 0 Å². The molecule has 0 aromatic carbocycles. The standard InChI is InChI=1S/C11H26O3Si2/c1-15(2,3)10-16(4,5)9-7-6-8-14-11(12)13/h6-10H2,1-5H3,(H,12,13). The molecule has 0 aromatic rings. The van der Waals surface area contributed by atoms with Gasteiger partial charge in [-0.05, 0) is 6.42 Å². The van der Waals surface area contributed by atoms with E-state index in [0.29, 0.717) is 6.61 Å². The largest absolute Gasteiger partial charge is 0.505 e.